The van der Waals surface area contributed by atoms with E-state index in [1.54, 1.807) is 0 Å². The van der Waals surface area contributed by atoms with Crippen LogP contribution in [0.1, 0.15) is 12.7 Å². The van der Waals surface area contributed by atoms with E-state index >= 15 is 0 Å². The standard InChI is InChI=1S/C7H9F2N3O2/c1-7(8,9)3-12-5(2-6(13)14)10-4-11-12/h4H,2-3H2,1H3,(H,13,14). The van der Waals surface area contributed by atoms with Crippen molar-refractivity contribution >= 4 is 5.97 Å². The normalized spacial score (nSPS) is 11.6. The molecular formula is C7H9F2N3O2. The number of alkyl halides is 2. The van der Waals surface area contributed by atoms with E-state index in [0.717, 1.165) is 17.9 Å². The van der Waals surface area contributed by atoms with Crippen molar-refractivity contribution in [1.82, 2.24) is 14.8 Å². The van der Waals surface area contributed by atoms with Crippen LogP contribution in [0.5, 0.6) is 0 Å². The fraction of sp³-hybridized carbons (Fsp3) is 0.571. The third-order valence-corrected chi connectivity index (χ3v) is 1.43. The van der Waals surface area contributed by atoms with Crippen LogP contribution >= 0.6 is 0 Å². The molecule has 0 aliphatic rings. The zero-order valence-electron chi connectivity index (χ0n) is 7.44. The lowest BCUT2D eigenvalue weighted by atomic mass is 10.3. The van der Waals surface area contributed by atoms with E-state index in [1.165, 1.54) is 0 Å². The summed E-state index contributed by atoms with van der Waals surface area (Å²) in [5.74, 6) is -4.03. The summed E-state index contributed by atoms with van der Waals surface area (Å²) in [4.78, 5) is 13.9. The molecule has 0 spiro atoms. The maximum absolute atomic E-state index is 12.6. The molecule has 0 aliphatic carbocycles. The summed E-state index contributed by atoms with van der Waals surface area (Å²) in [6, 6.07) is 0. The molecule has 1 N–H and O–H groups in total. The molecule has 0 aliphatic heterocycles. The van der Waals surface area contributed by atoms with Crippen molar-refractivity contribution in [1.29, 1.82) is 0 Å². The van der Waals surface area contributed by atoms with Gasteiger partial charge >= 0.3 is 5.97 Å². The number of carboxylic acid groups (broad SMARTS) is 1. The molecule has 78 valence electrons. The van der Waals surface area contributed by atoms with Gasteiger partial charge in [-0.2, -0.15) is 5.10 Å². The Bertz CT molecular complexity index is 332. The summed E-state index contributed by atoms with van der Waals surface area (Å²) in [7, 11) is 0. The minimum absolute atomic E-state index is 0.0269. The van der Waals surface area contributed by atoms with E-state index in [2.05, 4.69) is 10.1 Å². The first-order valence-electron chi connectivity index (χ1n) is 3.85. The van der Waals surface area contributed by atoms with Crippen LogP contribution in [0.2, 0.25) is 0 Å². The van der Waals surface area contributed by atoms with Gasteiger partial charge in [-0.05, 0) is 0 Å². The highest BCUT2D eigenvalue weighted by Gasteiger charge is 2.24. The van der Waals surface area contributed by atoms with E-state index in [-0.39, 0.29) is 5.82 Å². The van der Waals surface area contributed by atoms with Gasteiger partial charge in [0.15, 0.2) is 0 Å². The number of hydrogen-bond donors (Lipinski definition) is 1. The first kappa shape index (κ1) is 10.6. The summed E-state index contributed by atoms with van der Waals surface area (Å²) in [5.41, 5.74) is 0. The van der Waals surface area contributed by atoms with Gasteiger partial charge in [-0.1, -0.05) is 0 Å². The maximum Gasteiger partial charge on any atom is 0.311 e. The quantitative estimate of drug-likeness (QED) is 0.779. The van der Waals surface area contributed by atoms with Gasteiger partial charge < -0.3 is 5.11 Å². The van der Waals surface area contributed by atoms with E-state index < -0.39 is 24.9 Å². The molecule has 0 radical (unpaired) electrons. The number of carboxylic acids is 1. The minimum atomic E-state index is -2.93. The monoisotopic (exact) mass is 205 g/mol. The van der Waals surface area contributed by atoms with E-state index in [9.17, 15) is 13.6 Å². The predicted octanol–water partition coefficient (Wildman–Crippen LogP) is 0.560. The van der Waals surface area contributed by atoms with Gasteiger partial charge in [0.2, 0.25) is 0 Å². The van der Waals surface area contributed by atoms with Crippen molar-refractivity contribution in [3.05, 3.63) is 12.2 Å². The fourth-order valence-electron chi connectivity index (χ4n) is 0.955. The number of hydrogen-bond acceptors (Lipinski definition) is 3. The highest BCUT2D eigenvalue weighted by Crippen LogP contribution is 2.14. The van der Waals surface area contributed by atoms with Crippen LogP contribution in [0, 0.1) is 0 Å². The molecule has 0 fully saturated rings. The van der Waals surface area contributed by atoms with E-state index in [1.807, 2.05) is 0 Å². The third-order valence-electron chi connectivity index (χ3n) is 1.43. The van der Waals surface area contributed by atoms with Crippen molar-refractivity contribution in [3.63, 3.8) is 0 Å². The topological polar surface area (TPSA) is 68.0 Å². The Hall–Kier alpha value is -1.53. The first-order chi connectivity index (χ1) is 6.38. The Morgan fingerprint density at radius 3 is 2.86 bits per heavy atom. The van der Waals surface area contributed by atoms with Crippen molar-refractivity contribution in [2.75, 3.05) is 0 Å². The lowest BCUT2D eigenvalue weighted by molar-refractivity contribution is -0.136. The summed E-state index contributed by atoms with van der Waals surface area (Å²) in [5, 5.41) is 12.0. The van der Waals surface area contributed by atoms with Crippen LogP contribution in [-0.2, 0) is 17.8 Å². The van der Waals surface area contributed by atoms with Crippen molar-refractivity contribution in [2.45, 2.75) is 25.8 Å². The molecule has 0 unspecified atom stereocenters. The summed E-state index contributed by atoms with van der Waals surface area (Å²) < 4.78 is 26.0. The van der Waals surface area contributed by atoms with Crippen LogP contribution in [-0.4, -0.2) is 31.8 Å². The predicted molar refractivity (Wildman–Crippen MR) is 42.0 cm³/mol. The molecule has 1 aromatic rings. The second-order valence-electron chi connectivity index (χ2n) is 2.97. The lowest BCUT2D eigenvalue weighted by Gasteiger charge is -2.10. The number of aliphatic carboxylic acids is 1. The van der Waals surface area contributed by atoms with Crippen molar-refractivity contribution < 1.29 is 18.7 Å². The average Bonchev–Trinajstić information content (AvgIpc) is 2.32. The number of rotatable bonds is 4. The molecule has 5 nitrogen and oxygen atoms in total. The van der Waals surface area contributed by atoms with Gasteiger partial charge in [-0.3, -0.25) is 4.79 Å². The van der Waals surface area contributed by atoms with Gasteiger partial charge in [0.1, 0.15) is 25.1 Å². The van der Waals surface area contributed by atoms with Crippen LogP contribution < -0.4 is 0 Å². The summed E-state index contributed by atoms with van der Waals surface area (Å²) >= 11 is 0. The fourth-order valence-corrected chi connectivity index (χ4v) is 0.955. The summed E-state index contributed by atoms with van der Waals surface area (Å²) in [6.07, 6.45) is 0.653. The molecule has 0 atom stereocenters. The van der Waals surface area contributed by atoms with Gasteiger partial charge in [-0.15, -0.1) is 0 Å². The second kappa shape index (κ2) is 3.69. The molecule has 0 amide bonds. The zero-order chi connectivity index (χ0) is 10.8. The lowest BCUT2D eigenvalue weighted by Crippen LogP contribution is -2.22. The van der Waals surface area contributed by atoms with Crippen molar-refractivity contribution in [2.24, 2.45) is 0 Å². The Morgan fingerprint density at radius 2 is 2.36 bits per heavy atom. The molecule has 0 bridgehead atoms. The second-order valence-corrected chi connectivity index (χ2v) is 2.97. The van der Waals surface area contributed by atoms with Gasteiger partial charge in [0, 0.05) is 6.92 Å². The maximum atomic E-state index is 12.6. The smallest absolute Gasteiger partial charge is 0.311 e. The Labute approximate surface area is 78.4 Å². The van der Waals surface area contributed by atoms with Crippen LogP contribution in [0.15, 0.2) is 6.33 Å². The Balaban J connectivity index is 2.77. The molecular weight excluding hydrogens is 196 g/mol. The molecule has 1 heterocycles. The van der Waals surface area contributed by atoms with E-state index in [4.69, 9.17) is 5.11 Å². The number of aromatic nitrogens is 3. The highest BCUT2D eigenvalue weighted by molar-refractivity contribution is 5.68. The highest BCUT2D eigenvalue weighted by atomic mass is 19.3. The largest absolute Gasteiger partial charge is 0.481 e. The average molecular weight is 205 g/mol. The van der Waals surface area contributed by atoms with Gasteiger partial charge in [0.05, 0.1) is 0 Å². The number of halogens is 2. The molecule has 0 saturated heterocycles. The molecule has 0 saturated carbocycles. The molecule has 1 aromatic heterocycles. The molecule has 0 aromatic carbocycles. The third kappa shape index (κ3) is 3.08. The zero-order valence-corrected chi connectivity index (χ0v) is 7.44. The van der Waals surface area contributed by atoms with Crippen molar-refractivity contribution in [3.8, 4) is 0 Å². The van der Waals surface area contributed by atoms with Crippen LogP contribution in [0.4, 0.5) is 8.78 Å². The minimum Gasteiger partial charge on any atom is -0.481 e. The Kier molecular flexibility index (Phi) is 2.78. The van der Waals surface area contributed by atoms with E-state index in [0.29, 0.717) is 0 Å². The Morgan fingerprint density at radius 1 is 1.71 bits per heavy atom. The molecule has 1 rings (SSSR count). The van der Waals surface area contributed by atoms with Gasteiger partial charge in [-0.25, -0.2) is 18.4 Å². The first-order valence-corrected chi connectivity index (χ1v) is 3.85. The SMILES string of the molecule is CC(F)(F)Cn1ncnc1CC(=O)O. The number of nitrogens with zero attached hydrogens (tertiary/aromatic N) is 3. The molecule has 14 heavy (non-hydrogen) atoms. The summed E-state index contributed by atoms with van der Waals surface area (Å²) in [6.45, 7) is 0.0782. The van der Waals surface area contributed by atoms with Crippen LogP contribution in [0.25, 0.3) is 0 Å². The molecule has 7 heteroatoms. The van der Waals surface area contributed by atoms with Gasteiger partial charge in [0.25, 0.3) is 5.92 Å². The number of carbonyl (C=O) groups is 1. The van der Waals surface area contributed by atoms with Crippen LogP contribution in [0.3, 0.4) is 0 Å².